The normalized spacial score (nSPS) is 11.6. The highest BCUT2D eigenvalue weighted by atomic mass is 35.5. The summed E-state index contributed by atoms with van der Waals surface area (Å²) >= 11 is 12.0. The van der Waals surface area contributed by atoms with Crippen LogP contribution in [0.1, 0.15) is 18.9 Å². The van der Waals surface area contributed by atoms with Gasteiger partial charge in [0.25, 0.3) is 0 Å². The van der Waals surface area contributed by atoms with Crippen LogP contribution in [-0.2, 0) is 10.0 Å². The Balaban J connectivity index is 2.70. The van der Waals surface area contributed by atoms with Gasteiger partial charge in [-0.15, -0.1) is 0 Å². The van der Waals surface area contributed by atoms with Crippen LogP contribution in [0.25, 0.3) is 0 Å². The molecule has 19 heavy (non-hydrogen) atoms. The van der Waals surface area contributed by atoms with Crippen molar-refractivity contribution in [2.24, 2.45) is 0 Å². The SMILES string of the molecule is CCNCCCS(=O)(=O)Nc1cc(Cl)c(C)cc1Cl. The van der Waals surface area contributed by atoms with Crippen LogP contribution in [-0.4, -0.2) is 27.3 Å². The zero-order valence-electron chi connectivity index (χ0n) is 11.0. The van der Waals surface area contributed by atoms with E-state index in [4.69, 9.17) is 23.2 Å². The van der Waals surface area contributed by atoms with Crippen LogP contribution in [0.15, 0.2) is 12.1 Å². The molecule has 4 nitrogen and oxygen atoms in total. The number of hydrogen-bond donors (Lipinski definition) is 2. The summed E-state index contributed by atoms with van der Waals surface area (Å²) in [5.41, 5.74) is 1.13. The highest BCUT2D eigenvalue weighted by Crippen LogP contribution is 2.29. The van der Waals surface area contributed by atoms with E-state index in [1.54, 1.807) is 6.07 Å². The Hall–Kier alpha value is -0.490. The van der Waals surface area contributed by atoms with Gasteiger partial charge in [0.15, 0.2) is 0 Å². The zero-order chi connectivity index (χ0) is 14.5. The fourth-order valence-electron chi connectivity index (χ4n) is 1.51. The summed E-state index contributed by atoms with van der Waals surface area (Å²) in [5.74, 6) is 0.0435. The molecule has 0 radical (unpaired) electrons. The molecule has 0 saturated heterocycles. The quantitative estimate of drug-likeness (QED) is 0.758. The molecule has 0 unspecified atom stereocenters. The Morgan fingerprint density at radius 3 is 2.53 bits per heavy atom. The van der Waals surface area contributed by atoms with E-state index in [2.05, 4.69) is 10.0 Å². The molecule has 0 heterocycles. The lowest BCUT2D eigenvalue weighted by Crippen LogP contribution is -2.22. The Bertz CT molecular complexity index is 533. The third-order valence-corrected chi connectivity index (χ3v) is 4.61. The van der Waals surface area contributed by atoms with Gasteiger partial charge in [-0.2, -0.15) is 0 Å². The van der Waals surface area contributed by atoms with E-state index in [0.29, 0.717) is 28.7 Å². The maximum atomic E-state index is 11.9. The van der Waals surface area contributed by atoms with Crippen LogP contribution in [0.5, 0.6) is 0 Å². The first kappa shape index (κ1) is 16.6. The Morgan fingerprint density at radius 1 is 1.21 bits per heavy atom. The minimum Gasteiger partial charge on any atom is -0.317 e. The molecule has 0 amide bonds. The molecule has 0 aliphatic carbocycles. The van der Waals surface area contributed by atoms with Crippen molar-refractivity contribution in [1.82, 2.24) is 5.32 Å². The maximum absolute atomic E-state index is 11.9. The number of rotatable bonds is 7. The predicted octanol–water partition coefficient (Wildman–Crippen LogP) is 3.04. The van der Waals surface area contributed by atoms with Gasteiger partial charge in [0.05, 0.1) is 16.5 Å². The predicted molar refractivity (Wildman–Crippen MR) is 81.8 cm³/mol. The highest BCUT2D eigenvalue weighted by molar-refractivity contribution is 7.92. The molecule has 0 aliphatic rings. The average molecular weight is 325 g/mol. The zero-order valence-corrected chi connectivity index (χ0v) is 13.3. The highest BCUT2D eigenvalue weighted by Gasteiger charge is 2.13. The molecule has 2 N–H and O–H groups in total. The van der Waals surface area contributed by atoms with E-state index in [-0.39, 0.29) is 5.75 Å². The molecule has 0 saturated carbocycles. The van der Waals surface area contributed by atoms with E-state index in [1.165, 1.54) is 6.07 Å². The molecule has 0 spiro atoms. The van der Waals surface area contributed by atoms with Crippen molar-refractivity contribution in [2.75, 3.05) is 23.6 Å². The van der Waals surface area contributed by atoms with Gasteiger partial charge in [0.1, 0.15) is 0 Å². The number of sulfonamides is 1. The third-order valence-electron chi connectivity index (χ3n) is 2.53. The van der Waals surface area contributed by atoms with Gasteiger partial charge in [0, 0.05) is 5.02 Å². The summed E-state index contributed by atoms with van der Waals surface area (Å²) < 4.78 is 26.2. The van der Waals surface area contributed by atoms with E-state index in [1.807, 2.05) is 13.8 Å². The van der Waals surface area contributed by atoms with Crippen LogP contribution in [0.3, 0.4) is 0 Å². The van der Waals surface area contributed by atoms with E-state index < -0.39 is 10.0 Å². The van der Waals surface area contributed by atoms with Crippen LogP contribution in [0.4, 0.5) is 5.69 Å². The van der Waals surface area contributed by atoms with Crippen molar-refractivity contribution in [1.29, 1.82) is 0 Å². The molecule has 0 aromatic heterocycles. The first-order valence-corrected chi connectivity index (χ1v) is 8.43. The number of halogens is 2. The number of anilines is 1. The van der Waals surface area contributed by atoms with E-state index in [0.717, 1.165) is 12.1 Å². The first-order valence-electron chi connectivity index (χ1n) is 6.02. The van der Waals surface area contributed by atoms with Gasteiger partial charge >= 0.3 is 0 Å². The van der Waals surface area contributed by atoms with Gasteiger partial charge < -0.3 is 5.32 Å². The smallest absolute Gasteiger partial charge is 0.232 e. The van der Waals surface area contributed by atoms with Crippen molar-refractivity contribution < 1.29 is 8.42 Å². The van der Waals surface area contributed by atoms with Crippen LogP contribution in [0.2, 0.25) is 10.0 Å². The number of nitrogens with one attached hydrogen (secondary N) is 2. The van der Waals surface area contributed by atoms with Gasteiger partial charge in [-0.25, -0.2) is 8.42 Å². The molecule has 1 aromatic carbocycles. The fraction of sp³-hybridized carbons (Fsp3) is 0.500. The summed E-state index contributed by atoms with van der Waals surface area (Å²) in [6.45, 7) is 5.27. The molecule has 1 aromatic rings. The minimum absolute atomic E-state index is 0.0435. The van der Waals surface area contributed by atoms with Crippen molar-refractivity contribution in [3.8, 4) is 0 Å². The van der Waals surface area contributed by atoms with Crippen LogP contribution in [0, 0.1) is 6.92 Å². The second kappa shape index (κ2) is 7.33. The molecule has 7 heteroatoms. The van der Waals surface area contributed by atoms with E-state index in [9.17, 15) is 8.42 Å². The monoisotopic (exact) mass is 324 g/mol. The molecule has 0 atom stereocenters. The number of aryl methyl sites for hydroxylation is 1. The Labute approximate surface area is 124 Å². The standard InChI is InChI=1S/C12H18Cl2N2O2S/c1-3-15-5-4-6-19(17,18)16-12-8-10(13)9(2)7-11(12)14/h7-8,15-16H,3-6H2,1-2H3. The molecule has 0 fully saturated rings. The molecule has 0 bridgehead atoms. The molecule has 1 rings (SSSR count). The lowest BCUT2D eigenvalue weighted by Gasteiger charge is -2.11. The lowest BCUT2D eigenvalue weighted by molar-refractivity contribution is 0.595. The van der Waals surface area contributed by atoms with Crippen molar-refractivity contribution in [2.45, 2.75) is 20.3 Å². The van der Waals surface area contributed by atoms with Crippen molar-refractivity contribution in [3.63, 3.8) is 0 Å². The van der Waals surface area contributed by atoms with Gasteiger partial charge in [-0.3, -0.25) is 4.72 Å². The number of hydrogen-bond acceptors (Lipinski definition) is 3. The van der Waals surface area contributed by atoms with Gasteiger partial charge in [-0.1, -0.05) is 30.1 Å². The minimum atomic E-state index is -3.40. The van der Waals surface area contributed by atoms with Crippen LogP contribution < -0.4 is 10.0 Å². The Kier molecular flexibility index (Phi) is 6.39. The summed E-state index contributed by atoms with van der Waals surface area (Å²) in [4.78, 5) is 0. The molecular formula is C12H18Cl2N2O2S. The van der Waals surface area contributed by atoms with Crippen molar-refractivity contribution >= 4 is 38.9 Å². The van der Waals surface area contributed by atoms with Gasteiger partial charge in [-0.05, 0) is 44.1 Å². The molecule has 0 aliphatic heterocycles. The second-order valence-corrected chi connectivity index (χ2v) is 6.87. The number of benzene rings is 1. The fourth-order valence-corrected chi connectivity index (χ4v) is 3.12. The lowest BCUT2D eigenvalue weighted by atomic mass is 10.2. The van der Waals surface area contributed by atoms with Crippen LogP contribution >= 0.6 is 23.2 Å². The average Bonchev–Trinajstić information content (AvgIpc) is 2.31. The second-order valence-electron chi connectivity index (χ2n) is 4.21. The third kappa shape index (κ3) is 5.57. The summed E-state index contributed by atoms with van der Waals surface area (Å²) in [6.07, 6.45) is 0.542. The summed E-state index contributed by atoms with van der Waals surface area (Å²) in [6, 6.07) is 3.17. The van der Waals surface area contributed by atoms with Gasteiger partial charge in [0.2, 0.25) is 10.0 Å². The largest absolute Gasteiger partial charge is 0.317 e. The summed E-state index contributed by atoms with van der Waals surface area (Å²) in [7, 11) is -3.40. The summed E-state index contributed by atoms with van der Waals surface area (Å²) in [5, 5.41) is 3.90. The van der Waals surface area contributed by atoms with E-state index >= 15 is 0 Å². The maximum Gasteiger partial charge on any atom is 0.232 e. The first-order chi connectivity index (χ1) is 8.85. The Morgan fingerprint density at radius 2 is 1.89 bits per heavy atom. The molecular weight excluding hydrogens is 307 g/mol. The topological polar surface area (TPSA) is 58.2 Å². The van der Waals surface area contributed by atoms with Crippen molar-refractivity contribution in [3.05, 3.63) is 27.7 Å². The molecule has 108 valence electrons.